The Labute approximate surface area is 114 Å². The zero-order valence-corrected chi connectivity index (χ0v) is 12.0. The van der Waals surface area contributed by atoms with Crippen LogP contribution in [0.1, 0.15) is 49.6 Å². The molecule has 5 nitrogen and oxygen atoms in total. The predicted octanol–water partition coefficient (Wildman–Crippen LogP) is 1.62. The summed E-state index contributed by atoms with van der Waals surface area (Å²) in [6.45, 7) is 9.46. The maximum Gasteiger partial charge on any atom is 0.158 e. The monoisotopic (exact) mass is 265 g/mol. The molecular formula is C14H23N3O2. The Morgan fingerprint density at radius 3 is 3.00 bits per heavy atom. The molecule has 1 aromatic rings. The van der Waals surface area contributed by atoms with Gasteiger partial charge in [-0.2, -0.15) is 0 Å². The molecule has 0 amide bonds. The standard InChI is InChI=1S/C14H23N3O2/c1-4-5-17-6-7-19-13(9-17)14-15-8-12(11(3)18)10(2)16-14/h8,11,13,18H,4-7,9H2,1-3H3/t11-,13?/m0/s1. The number of aromatic nitrogens is 2. The summed E-state index contributed by atoms with van der Waals surface area (Å²) in [5.74, 6) is 0.725. The summed E-state index contributed by atoms with van der Waals surface area (Å²) in [5, 5.41) is 9.60. The van der Waals surface area contributed by atoms with Gasteiger partial charge in [-0.1, -0.05) is 6.92 Å². The van der Waals surface area contributed by atoms with Gasteiger partial charge in [0.15, 0.2) is 5.82 Å². The maximum atomic E-state index is 9.60. The fourth-order valence-electron chi connectivity index (χ4n) is 2.44. The normalized spacial score (nSPS) is 22.4. The lowest BCUT2D eigenvalue weighted by Gasteiger charge is -2.32. The van der Waals surface area contributed by atoms with Gasteiger partial charge in [0.2, 0.25) is 0 Å². The smallest absolute Gasteiger partial charge is 0.158 e. The van der Waals surface area contributed by atoms with Crippen molar-refractivity contribution in [2.24, 2.45) is 0 Å². The van der Waals surface area contributed by atoms with Crippen molar-refractivity contribution in [2.75, 3.05) is 26.2 Å². The van der Waals surface area contributed by atoms with Crippen LogP contribution in [0.25, 0.3) is 0 Å². The number of nitrogens with zero attached hydrogens (tertiary/aromatic N) is 3. The van der Waals surface area contributed by atoms with Crippen LogP contribution in [0.15, 0.2) is 6.20 Å². The number of hydrogen-bond donors (Lipinski definition) is 1. The molecule has 106 valence electrons. The summed E-state index contributed by atoms with van der Waals surface area (Å²) in [4.78, 5) is 11.2. The molecule has 0 aromatic carbocycles. The van der Waals surface area contributed by atoms with Gasteiger partial charge in [0, 0.05) is 30.5 Å². The number of aliphatic hydroxyl groups excluding tert-OH is 1. The minimum absolute atomic E-state index is 0.0537. The molecule has 2 atom stereocenters. The van der Waals surface area contributed by atoms with E-state index in [-0.39, 0.29) is 6.10 Å². The van der Waals surface area contributed by atoms with E-state index in [0.29, 0.717) is 0 Å². The van der Waals surface area contributed by atoms with Gasteiger partial charge in [-0.25, -0.2) is 9.97 Å². The number of aryl methyl sites for hydroxylation is 1. The topological polar surface area (TPSA) is 58.5 Å². The summed E-state index contributed by atoms with van der Waals surface area (Å²) in [6.07, 6.45) is 2.28. The first-order valence-electron chi connectivity index (χ1n) is 6.97. The zero-order valence-electron chi connectivity index (χ0n) is 12.0. The highest BCUT2D eigenvalue weighted by Crippen LogP contribution is 2.21. The third-order valence-corrected chi connectivity index (χ3v) is 3.46. The van der Waals surface area contributed by atoms with Crippen LogP contribution in [-0.4, -0.2) is 46.2 Å². The lowest BCUT2D eigenvalue weighted by molar-refractivity contribution is -0.0343. The number of ether oxygens (including phenoxy) is 1. The molecule has 1 unspecified atom stereocenters. The molecular weight excluding hydrogens is 242 g/mol. The Bertz CT molecular complexity index is 421. The van der Waals surface area contributed by atoms with Crippen LogP contribution in [0.5, 0.6) is 0 Å². The average Bonchev–Trinajstić information content (AvgIpc) is 2.39. The first-order chi connectivity index (χ1) is 9.11. The van der Waals surface area contributed by atoms with Crippen LogP contribution < -0.4 is 0 Å². The molecule has 1 N–H and O–H groups in total. The van der Waals surface area contributed by atoms with E-state index in [1.54, 1.807) is 13.1 Å². The molecule has 0 bridgehead atoms. The van der Waals surface area contributed by atoms with Crippen LogP contribution in [0.4, 0.5) is 0 Å². The molecule has 1 aromatic heterocycles. The summed E-state index contributed by atoms with van der Waals surface area (Å²) in [7, 11) is 0. The molecule has 1 saturated heterocycles. The van der Waals surface area contributed by atoms with E-state index in [4.69, 9.17) is 4.74 Å². The second kappa shape index (κ2) is 6.41. The summed E-state index contributed by atoms with van der Waals surface area (Å²) >= 11 is 0. The van der Waals surface area contributed by atoms with Crippen LogP contribution >= 0.6 is 0 Å². The quantitative estimate of drug-likeness (QED) is 0.896. The minimum Gasteiger partial charge on any atom is -0.389 e. The summed E-state index contributed by atoms with van der Waals surface area (Å²) in [5.41, 5.74) is 1.61. The van der Waals surface area contributed by atoms with E-state index in [0.717, 1.165) is 49.7 Å². The first-order valence-corrected chi connectivity index (χ1v) is 6.97. The summed E-state index contributed by atoms with van der Waals surface area (Å²) in [6, 6.07) is 0. The highest BCUT2D eigenvalue weighted by atomic mass is 16.5. The molecule has 1 fully saturated rings. The van der Waals surface area contributed by atoms with Crippen molar-refractivity contribution >= 4 is 0 Å². The van der Waals surface area contributed by atoms with Gasteiger partial charge in [-0.05, 0) is 26.8 Å². The van der Waals surface area contributed by atoms with E-state index in [2.05, 4.69) is 21.8 Å². The van der Waals surface area contributed by atoms with Gasteiger partial charge in [0.25, 0.3) is 0 Å². The molecule has 0 saturated carbocycles. The molecule has 0 radical (unpaired) electrons. The Morgan fingerprint density at radius 2 is 2.37 bits per heavy atom. The highest BCUT2D eigenvalue weighted by Gasteiger charge is 2.24. The molecule has 0 aliphatic carbocycles. The maximum absolute atomic E-state index is 9.60. The molecule has 2 rings (SSSR count). The van der Waals surface area contributed by atoms with Gasteiger partial charge in [0.05, 0.1) is 12.7 Å². The van der Waals surface area contributed by atoms with Crippen molar-refractivity contribution in [3.05, 3.63) is 23.3 Å². The van der Waals surface area contributed by atoms with Crippen molar-refractivity contribution in [3.8, 4) is 0 Å². The van der Waals surface area contributed by atoms with Gasteiger partial charge >= 0.3 is 0 Å². The van der Waals surface area contributed by atoms with E-state index in [9.17, 15) is 5.11 Å². The molecule has 1 aliphatic heterocycles. The number of hydrogen-bond acceptors (Lipinski definition) is 5. The zero-order chi connectivity index (χ0) is 13.8. The molecule has 0 spiro atoms. The average molecular weight is 265 g/mol. The largest absolute Gasteiger partial charge is 0.389 e. The van der Waals surface area contributed by atoms with Crippen LogP contribution in [0.2, 0.25) is 0 Å². The van der Waals surface area contributed by atoms with Crippen LogP contribution in [0, 0.1) is 6.92 Å². The van der Waals surface area contributed by atoms with Crippen molar-refractivity contribution in [1.82, 2.24) is 14.9 Å². The highest BCUT2D eigenvalue weighted by molar-refractivity contribution is 5.19. The minimum atomic E-state index is -0.530. The second-order valence-electron chi connectivity index (χ2n) is 5.10. The van der Waals surface area contributed by atoms with Crippen molar-refractivity contribution in [1.29, 1.82) is 0 Å². The van der Waals surface area contributed by atoms with E-state index < -0.39 is 6.10 Å². The van der Waals surface area contributed by atoms with E-state index >= 15 is 0 Å². The number of morpholine rings is 1. The molecule has 19 heavy (non-hydrogen) atoms. The van der Waals surface area contributed by atoms with Crippen LogP contribution in [0.3, 0.4) is 0 Å². The van der Waals surface area contributed by atoms with Gasteiger partial charge < -0.3 is 9.84 Å². The Balaban J connectivity index is 2.11. The number of aliphatic hydroxyl groups is 1. The fraction of sp³-hybridized carbons (Fsp3) is 0.714. The first kappa shape index (κ1) is 14.4. The van der Waals surface area contributed by atoms with E-state index in [1.807, 2.05) is 6.92 Å². The molecule has 5 heteroatoms. The second-order valence-corrected chi connectivity index (χ2v) is 5.10. The van der Waals surface area contributed by atoms with Crippen molar-refractivity contribution in [3.63, 3.8) is 0 Å². The van der Waals surface area contributed by atoms with E-state index in [1.165, 1.54) is 0 Å². The van der Waals surface area contributed by atoms with Crippen LogP contribution in [-0.2, 0) is 4.74 Å². The molecule has 1 aliphatic rings. The van der Waals surface area contributed by atoms with Crippen molar-refractivity contribution in [2.45, 2.75) is 39.4 Å². The van der Waals surface area contributed by atoms with Gasteiger partial charge in [-0.15, -0.1) is 0 Å². The number of rotatable bonds is 4. The van der Waals surface area contributed by atoms with Gasteiger partial charge in [0.1, 0.15) is 6.10 Å². The fourth-order valence-corrected chi connectivity index (χ4v) is 2.44. The predicted molar refractivity (Wildman–Crippen MR) is 72.8 cm³/mol. The lowest BCUT2D eigenvalue weighted by atomic mass is 10.1. The summed E-state index contributed by atoms with van der Waals surface area (Å²) < 4.78 is 5.77. The lowest BCUT2D eigenvalue weighted by Crippen LogP contribution is -2.39. The Hall–Kier alpha value is -1.04. The molecule has 2 heterocycles. The SMILES string of the molecule is CCCN1CCOC(c2ncc([C@H](C)O)c(C)n2)C1. The van der Waals surface area contributed by atoms with Gasteiger partial charge in [-0.3, -0.25) is 4.90 Å². The third-order valence-electron chi connectivity index (χ3n) is 3.46. The third kappa shape index (κ3) is 3.49. The Morgan fingerprint density at radius 1 is 1.58 bits per heavy atom. The Kier molecular flexibility index (Phi) is 4.85. The van der Waals surface area contributed by atoms with Crippen molar-refractivity contribution < 1.29 is 9.84 Å².